The molecule has 1 fully saturated rings. The van der Waals surface area contributed by atoms with Crippen LogP contribution in [0.2, 0.25) is 0 Å². The van der Waals surface area contributed by atoms with Crippen molar-refractivity contribution in [3.63, 3.8) is 0 Å². The van der Waals surface area contributed by atoms with Crippen molar-refractivity contribution in [2.75, 3.05) is 33.3 Å². The Hall–Kier alpha value is -3.45. The Kier molecular flexibility index (Phi) is 6.89. The monoisotopic (exact) mass is 446 g/mol. The Bertz CT molecular complexity index is 1130. The molecule has 4 rings (SSSR count). The third kappa shape index (κ3) is 5.31. The van der Waals surface area contributed by atoms with Crippen LogP contribution in [0.15, 0.2) is 53.1 Å². The zero-order valence-electron chi connectivity index (χ0n) is 19.6. The molecule has 172 valence electrons. The summed E-state index contributed by atoms with van der Waals surface area (Å²) in [5, 5.41) is 4.15. The molecule has 0 N–H and O–H groups in total. The van der Waals surface area contributed by atoms with Crippen LogP contribution in [-0.4, -0.2) is 59.1 Å². The Morgan fingerprint density at radius 2 is 1.76 bits per heavy atom. The van der Waals surface area contributed by atoms with E-state index in [9.17, 15) is 4.79 Å². The maximum Gasteiger partial charge on any atom is 0.246 e. The molecule has 1 unspecified atom stereocenters. The van der Waals surface area contributed by atoms with E-state index in [2.05, 4.69) is 22.0 Å². The molecule has 0 saturated carbocycles. The van der Waals surface area contributed by atoms with Crippen LogP contribution in [0.25, 0.3) is 17.5 Å². The fourth-order valence-electron chi connectivity index (χ4n) is 3.96. The van der Waals surface area contributed by atoms with Gasteiger partial charge in [0, 0.05) is 43.4 Å². The van der Waals surface area contributed by atoms with Crippen LogP contribution in [0.4, 0.5) is 0 Å². The predicted molar refractivity (Wildman–Crippen MR) is 128 cm³/mol. The quantitative estimate of drug-likeness (QED) is 0.527. The number of piperazine rings is 1. The van der Waals surface area contributed by atoms with E-state index < -0.39 is 0 Å². The molecule has 7 nitrogen and oxygen atoms in total. The zero-order chi connectivity index (χ0) is 23.4. The first-order chi connectivity index (χ1) is 15.9. The Morgan fingerprint density at radius 3 is 2.45 bits per heavy atom. The molecule has 3 aromatic rings. The summed E-state index contributed by atoms with van der Waals surface area (Å²) >= 11 is 0. The van der Waals surface area contributed by atoms with Gasteiger partial charge in [0.2, 0.25) is 17.6 Å². The number of methoxy groups -OCH3 is 1. The lowest BCUT2D eigenvalue weighted by Gasteiger charge is -2.36. The second kappa shape index (κ2) is 10.0. The number of hydrogen-bond donors (Lipinski definition) is 0. The number of ether oxygens (including phenoxy) is 1. The summed E-state index contributed by atoms with van der Waals surface area (Å²) in [5.41, 5.74) is 4.15. The van der Waals surface area contributed by atoms with Crippen molar-refractivity contribution in [3.8, 4) is 17.1 Å². The average molecular weight is 447 g/mol. The highest BCUT2D eigenvalue weighted by Crippen LogP contribution is 2.24. The van der Waals surface area contributed by atoms with Gasteiger partial charge in [-0.1, -0.05) is 46.6 Å². The van der Waals surface area contributed by atoms with Crippen LogP contribution in [0, 0.1) is 13.8 Å². The smallest absolute Gasteiger partial charge is 0.246 e. The van der Waals surface area contributed by atoms with Gasteiger partial charge in [-0.15, -0.1) is 0 Å². The summed E-state index contributed by atoms with van der Waals surface area (Å²) in [4.78, 5) is 21.5. The Morgan fingerprint density at radius 1 is 1.06 bits per heavy atom. The second-order valence-electron chi connectivity index (χ2n) is 8.44. The lowest BCUT2D eigenvalue weighted by Crippen LogP contribution is -2.48. The maximum atomic E-state index is 12.7. The van der Waals surface area contributed by atoms with Crippen LogP contribution in [-0.2, 0) is 4.79 Å². The van der Waals surface area contributed by atoms with Crippen LogP contribution in [0.1, 0.15) is 35.5 Å². The molecular weight excluding hydrogens is 416 g/mol. The molecule has 0 radical (unpaired) electrons. The first-order valence-corrected chi connectivity index (χ1v) is 11.2. The highest BCUT2D eigenvalue weighted by atomic mass is 16.5. The highest BCUT2D eigenvalue weighted by molar-refractivity contribution is 5.92. The topological polar surface area (TPSA) is 71.7 Å². The van der Waals surface area contributed by atoms with Crippen LogP contribution in [0.5, 0.6) is 5.75 Å². The number of hydrogen-bond acceptors (Lipinski definition) is 6. The molecule has 0 bridgehead atoms. The Balaban J connectivity index is 1.34. The largest absolute Gasteiger partial charge is 0.496 e. The summed E-state index contributed by atoms with van der Waals surface area (Å²) in [5.74, 6) is 1.96. The van der Waals surface area contributed by atoms with Gasteiger partial charge in [0.15, 0.2) is 0 Å². The number of carbonyl (C=O) groups is 1. The summed E-state index contributed by atoms with van der Waals surface area (Å²) in [6.07, 6.45) is 3.45. The SMILES string of the molecule is COc1ccc(C)cc1/C=C/C(=O)N1CCN(C(C)c2nc(-c3ccc(C)cc3)no2)CC1. The van der Waals surface area contributed by atoms with Crippen molar-refractivity contribution in [2.24, 2.45) is 0 Å². The van der Waals surface area contributed by atoms with Crippen molar-refractivity contribution in [1.29, 1.82) is 0 Å². The van der Waals surface area contributed by atoms with E-state index in [1.165, 1.54) is 5.56 Å². The molecule has 2 aromatic carbocycles. The second-order valence-corrected chi connectivity index (χ2v) is 8.44. The van der Waals surface area contributed by atoms with E-state index >= 15 is 0 Å². The van der Waals surface area contributed by atoms with Gasteiger partial charge in [-0.05, 0) is 39.0 Å². The molecule has 1 aliphatic rings. The third-order valence-corrected chi connectivity index (χ3v) is 6.07. The molecule has 0 spiro atoms. The number of nitrogens with zero attached hydrogens (tertiary/aromatic N) is 4. The molecule has 7 heteroatoms. The highest BCUT2D eigenvalue weighted by Gasteiger charge is 2.27. The number of aryl methyl sites for hydroxylation is 2. The van der Waals surface area contributed by atoms with Gasteiger partial charge < -0.3 is 14.2 Å². The molecule has 1 aliphatic heterocycles. The van der Waals surface area contributed by atoms with E-state index in [-0.39, 0.29) is 11.9 Å². The lowest BCUT2D eigenvalue weighted by molar-refractivity contribution is -0.128. The Labute approximate surface area is 194 Å². The van der Waals surface area contributed by atoms with Crippen molar-refractivity contribution in [2.45, 2.75) is 26.8 Å². The first-order valence-electron chi connectivity index (χ1n) is 11.2. The van der Waals surface area contributed by atoms with E-state index in [4.69, 9.17) is 9.26 Å². The van der Waals surface area contributed by atoms with E-state index in [1.807, 2.05) is 67.3 Å². The minimum Gasteiger partial charge on any atom is -0.496 e. The van der Waals surface area contributed by atoms with Gasteiger partial charge in [-0.25, -0.2) is 0 Å². The molecule has 1 amide bonds. The van der Waals surface area contributed by atoms with Gasteiger partial charge in [-0.3, -0.25) is 9.69 Å². The van der Waals surface area contributed by atoms with Gasteiger partial charge in [0.05, 0.1) is 13.2 Å². The third-order valence-electron chi connectivity index (χ3n) is 6.07. The molecular formula is C26H30N4O3. The minimum atomic E-state index is -0.0129. The minimum absolute atomic E-state index is 0.00492. The average Bonchev–Trinajstić information content (AvgIpc) is 3.33. The molecule has 33 heavy (non-hydrogen) atoms. The number of benzene rings is 2. The van der Waals surface area contributed by atoms with Crippen molar-refractivity contribution >= 4 is 12.0 Å². The standard InChI is InChI=1S/C26H30N4O3/c1-18-5-8-21(9-6-18)25-27-26(33-28-25)20(3)29-13-15-30(16-14-29)24(31)12-10-22-17-19(2)7-11-23(22)32-4/h5-12,17,20H,13-16H2,1-4H3/b12-10+. The molecule has 1 aromatic heterocycles. The van der Waals surface area contributed by atoms with Gasteiger partial charge in [0.25, 0.3) is 0 Å². The summed E-state index contributed by atoms with van der Waals surface area (Å²) < 4.78 is 10.9. The van der Waals surface area contributed by atoms with Crippen molar-refractivity contribution in [3.05, 3.63) is 71.1 Å². The summed E-state index contributed by atoms with van der Waals surface area (Å²) in [7, 11) is 1.64. The van der Waals surface area contributed by atoms with Gasteiger partial charge >= 0.3 is 0 Å². The van der Waals surface area contributed by atoms with E-state index in [0.29, 0.717) is 24.8 Å². The van der Waals surface area contributed by atoms with Gasteiger partial charge in [0.1, 0.15) is 5.75 Å². The molecule has 0 aliphatic carbocycles. The summed E-state index contributed by atoms with van der Waals surface area (Å²) in [6.45, 7) is 8.93. The zero-order valence-corrected chi connectivity index (χ0v) is 19.6. The fourth-order valence-corrected chi connectivity index (χ4v) is 3.96. The predicted octanol–water partition coefficient (Wildman–Crippen LogP) is 4.28. The number of amides is 1. The molecule has 2 heterocycles. The molecule has 1 atom stereocenters. The van der Waals surface area contributed by atoms with Gasteiger partial charge in [-0.2, -0.15) is 4.98 Å². The van der Waals surface area contributed by atoms with E-state index in [1.54, 1.807) is 13.2 Å². The van der Waals surface area contributed by atoms with Crippen LogP contribution >= 0.6 is 0 Å². The van der Waals surface area contributed by atoms with Crippen LogP contribution in [0.3, 0.4) is 0 Å². The fraction of sp³-hybridized carbons (Fsp3) is 0.346. The normalized spacial score (nSPS) is 15.7. The maximum absolute atomic E-state index is 12.7. The lowest BCUT2D eigenvalue weighted by atomic mass is 10.1. The number of aromatic nitrogens is 2. The molecule has 1 saturated heterocycles. The first kappa shape index (κ1) is 22.7. The number of rotatable bonds is 6. The van der Waals surface area contributed by atoms with Crippen molar-refractivity contribution in [1.82, 2.24) is 19.9 Å². The van der Waals surface area contributed by atoms with Crippen molar-refractivity contribution < 1.29 is 14.1 Å². The van der Waals surface area contributed by atoms with Crippen LogP contribution < -0.4 is 4.74 Å². The number of carbonyl (C=O) groups excluding carboxylic acids is 1. The summed E-state index contributed by atoms with van der Waals surface area (Å²) in [6, 6.07) is 14.0. The van der Waals surface area contributed by atoms with E-state index in [0.717, 1.165) is 35.5 Å².